The molecule has 0 saturated carbocycles. The first-order valence-electron chi connectivity index (χ1n) is 7.64. The minimum atomic E-state index is -2.39. The number of nitrogens with one attached hydrogen (secondary N) is 1. The van der Waals surface area contributed by atoms with E-state index in [1.807, 2.05) is 59.5 Å². The van der Waals surface area contributed by atoms with E-state index >= 15 is 0 Å². The molecule has 132 valence electrons. The standard InChI is InChI=1S/C18H20F2N2.2ClH/c19-18(20)17(22-11-9-21-10-12-22)16-8-4-7-15(13-16)14-5-2-1-3-6-14;;/h1-8,13,17-18,21H,9-12H2;2*1H/t17-;;/m1../s1. The van der Waals surface area contributed by atoms with E-state index in [-0.39, 0.29) is 24.8 Å². The number of hydrogen-bond donors (Lipinski definition) is 1. The summed E-state index contributed by atoms with van der Waals surface area (Å²) in [7, 11) is 0. The Balaban J connectivity index is 0.00000144. The molecule has 2 aromatic rings. The van der Waals surface area contributed by atoms with Crippen LogP contribution in [0.4, 0.5) is 8.78 Å². The molecular formula is C18H22Cl2F2N2. The first-order valence-corrected chi connectivity index (χ1v) is 7.64. The van der Waals surface area contributed by atoms with Crippen molar-refractivity contribution in [3.05, 3.63) is 60.2 Å². The number of alkyl halides is 2. The van der Waals surface area contributed by atoms with E-state index < -0.39 is 12.5 Å². The summed E-state index contributed by atoms with van der Waals surface area (Å²) in [6.07, 6.45) is -2.39. The van der Waals surface area contributed by atoms with Gasteiger partial charge in [0, 0.05) is 26.2 Å². The highest BCUT2D eigenvalue weighted by Crippen LogP contribution is 2.30. The van der Waals surface area contributed by atoms with Crippen LogP contribution in [0.5, 0.6) is 0 Å². The summed E-state index contributed by atoms with van der Waals surface area (Å²) in [5.41, 5.74) is 2.73. The number of piperazine rings is 1. The van der Waals surface area contributed by atoms with Gasteiger partial charge in [-0.2, -0.15) is 0 Å². The maximum absolute atomic E-state index is 13.6. The zero-order valence-electron chi connectivity index (χ0n) is 13.2. The van der Waals surface area contributed by atoms with Gasteiger partial charge in [0.2, 0.25) is 0 Å². The number of halogens is 4. The van der Waals surface area contributed by atoms with Crippen LogP contribution in [-0.4, -0.2) is 37.5 Å². The van der Waals surface area contributed by atoms with Gasteiger partial charge in [-0.1, -0.05) is 48.5 Å². The average Bonchev–Trinajstić information content (AvgIpc) is 2.57. The zero-order chi connectivity index (χ0) is 15.4. The third kappa shape index (κ3) is 4.90. The lowest BCUT2D eigenvalue weighted by molar-refractivity contribution is 0.0182. The third-order valence-corrected chi connectivity index (χ3v) is 4.12. The molecule has 2 nitrogen and oxygen atoms in total. The summed E-state index contributed by atoms with van der Waals surface area (Å²) < 4.78 is 27.3. The van der Waals surface area contributed by atoms with Gasteiger partial charge < -0.3 is 5.32 Å². The van der Waals surface area contributed by atoms with Gasteiger partial charge in [0.15, 0.2) is 0 Å². The molecule has 2 aromatic carbocycles. The summed E-state index contributed by atoms with van der Waals surface area (Å²) >= 11 is 0. The molecule has 1 heterocycles. The molecule has 1 saturated heterocycles. The molecule has 3 rings (SSSR count). The van der Waals surface area contributed by atoms with Crippen molar-refractivity contribution >= 4 is 24.8 Å². The van der Waals surface area contributed by atoms with Crippen LogP contribution in [0, 0.1) is 0 Å². The van der Waals surface area contributed by atoms with Gasteiger partial charge in [0.05, 0.1) is 6.04 Å². The van der Waals surface area contributed by atoms with Crippen LogP contribution in [0.2, 0.25) is 0 Å². The van der Waals surface area contributed by atoms with Crippen molar-refractivity contribution < 1.29 is 8.78 Å². The molecule has 1 aliphatic heterocycles. The first-order chi connectivity index (χ1) is 10.8. The van der Waals surface area contributed by atoms with E-state index in [1.165, 1.54) is 0 Å². The lowest BCUT2D eigenvalue weighted by Gasteiger charge is -2.34. The van der Waals surface area contributed by atoms with Crippen molar-refractivity contribution in [2.24, 2.45) is 0 Å². The van der Waals surface area contributed by atoms with E-state index in [0.29, 0.717) is 18.7 Å². The Bertz CT molecular complexity index is 605. The van der Waals surface area contributed by atoms with Crippen LogP contribution >= 0.6 is 24.8 Å². The molecule has 0 amide bonds. The molecule has 6 heteroatoms. The Morgan fingerprint density at radius 2 is 1.46 bits per heavy atom. The Morgan fingerprint density at radius 1 is 0.833 bits per heavy atom. The Kier molecular flexibility index (Phi) is 8.63. The first kappa shape index (κ1) is 20.8. The second kappa shape index (κ2) is 9.94. The molecule has 0 spiro atoms. The fourth-order valence-electron chi connectivity index (χ4n) is 3.01. The Morgan fingerprint density at radius 3 is 2.08 bits per heavy atom. The molecule has 0 aromatic heterocycles. The highest BCUT2D eigenvalue weighted by molar-refractivity contribution is 5.85. The maximum atomic E-state index is 13.6. The van der Waals surface area contributed by atoms with Gasteiger partial charge in [-0.25, -0.2) is 8.78 Å². The monoisotopic (exact) mass is 374 g/mol. The smallest absolute Gasteiger partial charge is 0.258 e. The summed E-state index contributed by atoms with van der Waals surface area (Å²) in [6.45, 7) is 2.85. The van der Waals surface area contributed by atoms with Gasteiger partial charge in [-0.05, 0) is 22.8 Å². The van der Waals surface area contributed by atoms with Crippen molar-refractivity contribution in [3.63, 3.8) is 0 Å². The van der Waals surface area contributed by atoms with Crippen molar-refractivity contribution in [3.8, 4) is 11.1 Å². The lowest BCUT2D eigenvalue weighted by Crippen LogP contribution is -2.46. The number of benzene rings is 2. The quantitative estimate of drug-likeness (QED) is 0.852. The molecule has 1 fully saturated rings. The van der Waals surface area contributed by atoms with Gasteiger partial charge in [0.25, 0.3) is 6.43 Å². The van der Waals surface area contributed by atoms with Crippen LogP contribution in [0.1, 0.15) is 11.6 Å². The molecular weight excluding hydrogens is 353 g/mol. The highest BCUT2D eigenvalue weighted by Gasteiger charge is 2.30. The van der Waals surface area contributed by atoms with Crippen molar-refractivity contribution in [2.45, 2.75) is 12.5 Å². The average molecular weight is 375 g/mol. The Labute approximate surface area is 154 Å². The minimum absolute atomic E-state index is 0. The second-order valence-electron chi connectivity index (χ2n) is 5.56. The summed E-state index contributed by atoms with van der Waals surface area (Å²) in [5.74, 6) is 0. The SMILES string of the molecule is Cl.Cl.FC(F)[C@@H](c1cccc(-c2ccccc2)c1)N1CCNCC1. The molecule has 1 atom stereocenters. The number of nitrogens with zero attached hydrogens (tertiary/aromatic N) is 1. The van der Waals surface area contributed by atoms with Crippen LogP contribution in [-0.2, 0) is 0 Å². The van der Waals surface area contributed by atoms with E-state index in [0.717, 1.165) is 24.2 Å². The number of hydrogen-bond acceptors (Lipinski definition) is 2. The normalized spacial score (nSPS) is 16.1. The largest absolute Gasteiger partial charge is 0.314 e. The summed E-state index contributed by atoms with van der Waals surface area (Å²) in [5, 5.41) is 3.21. The fraction of sp³-hybridized carbons (Fsp3) is 0.333. The fourth-order valence-corrected chi connectivity index (χ4v) is 3.01. The van der Waals surface area contributed by atoms with Crippen molar-refractivity contribution in [1.29, 1.82) is 0 Å². The minimum Gasteiger partial charge on any atom is -0.314 e. The van der Waals surface area contributed by atoms with Gasteiger partial charge in [-0.3, -0.25) is 4.90 Å². The van der Waals surface area contributed by atoms with E-state index in [2.05, 4.69) is 5.32 Å². The van der Waals surface area contributed by atoms with Crippen LogP contribution < -0.4 is 5.32 Å². The zero-order valence-corrected chi connectivity index (χ0v) is 14.8. The van der Waals surface area contributed by atoms with E-state index in [1.54, 1.807) is 0 Å². The van der Waals surface area contributed by atoms with Crippen LogP contribution in [0.25, 0.3) is 11.1 Å². The molecule has 0 radical (unpaired) electrons. The van der Waals surface area contributed by atoms with Crippen LogP contribution in [0.3, 0.4) is 0 Å². The Hall–Kier alpha value is -1.20. The number of rotatable bonds is 4. The summed E-state index contributed by atoms with van der Waals surface area (Å²) in [6, 6.07) is 16.6. The third-order valence-electron chi connectivity index (χ3n) is 4.12. The van der Waals surface area contributed by atoms with Crippen molar-refractivity contribution in [1.82, 2.24) is 10.2 Å². The predicted octanol–water partition coefficient (Wildman–Crippen LogP) is 4.41. The highest BCUT2D eigenvalue weighted by atomic mass is 35.5. The topological polar surface area (TPSA) is 15.3 Å². The molecule has 1 N–H and O–H groups in total. The molecule has 0 bridgehead atoms. The molecule has 0 unspecified atom stereocenters. The van der Waals surface area contributed by atoms with E-state index in [9.17, 15) is 8.78 Å². The van der Waals surface area contributed by atoms with E-state index in [4.69, 9.17) is 0 Å². The van der Waals surface area contributed by atoms with Crippen molar-refractivity contribution in [2.75, 3.05) is 26.2 Å². The van der Waals surface area contributed by atoms with Gasteiger partial charge >= 0.3 is 0 Å². The van der Waals surface area contributed by atoms with Gasteiger partial charge in [0.1, 0.15) is 0 Å². The molecule has 0 aliphatic carbocycles. The molecule has 24 heavy (non-hydrogen) atoms. The second-order valence-corrected chi connectivity index (χ2v) is 5.56. The van der Waals surface area contributed by atoms with Crippen LogP contribution in [0.15, 0.2) is 54.6 Å². The lowest BCUT2D eigenvalue weighted by atomic mass is 9.98. The predicted molar refractivity (Wildman–Crippen MR) is 99.6 cm³/mol. The maximum Gasteiger partial charge on any atom is 0.258 e. The molecule has 1 aliphatic rings. The van der Waals surface area contributed by atoms with Gasteiger partial charge in [-0.15, -0.1) is 24.8 Å². The summed E-state index contributed by atoms with van der Waals surface area (Å²) in [4.78, 5) is 1.88.